The van der Waals surface area contributed by atoms with Gasteiger partial charge in [-0.1, -0.05) is 6.07 Å². The van der Waals surface area contributed by atoms with Crippen molar-refractivity contribution in [3.63, 3.8) is 0 Å². The van der Waals surface area contributed by atoms with Gasteiger partial charge in [-0.15, -0.1) is 0 Å². The first-order chi connectivity index (χ1) is 10.1. The number of alkyl carbamates (subject to hydrolysis) is 1. The molecule has 7 heteroatoms. The van der Waals surface area contributed by atoms with Crippen LogP contribution in [0.25, 0.3) is 0 Å². The molecule has 1 rings (SSSR count). The summed E-state index contributed by atoms with van der Waals surface area (Å²) in [6.07, 6.45) is -0.767. The SMILES string of the molecule is COc1cc(C[C@@H](NC(=O)OC(C)(C)C)C(=O)O)ccc1O. The van der Waals surface area contributed by atoms with Gasteiger partial charge in [-0.3, -0.25) is 0 Å². The predicted octanol–water partition coefficient (Wildman–Crippen LogP) is 1.92. The van der Waals surface area contributed by atoms with Gasteiger partial charge in [0.1, 0.15) is 11.6 Å². The van der Waals surface area contributed by atoms with Crippen LogP contribution in [0.3, 0.4) is 0 Å². The van der Waals surface area contributed by atoms with Crippen molar-refractivity contribution in [3.05, 3.63) is 23.8 Å². The second-order valence-corrected chi connectivity index (χ2v) is 5.75. The topological polar surface area (TPSA) is 105 Å². The fraction of sp³-hybridized carbons (Fsp3) is 0.467. The van der Waals surface area contributed by atoms with E-state index in [1.807, 2.05) is 0 Å². The van der Waals surface area contributed by atoms with Gasteiger partial charge >= 0.3 is 12.1 Å². The van der Waals surface area contributed by atoms with E-state index < -0.39 is 23.7 Å². The molecule has 1 amide bonds. The number of rotatable bonds is 5. The minimum atomic E-state index is -1.18. The maximum absolute atomic E-state index is 11.7. The zero-order chi connectivity index (χ0) is 16.9. The van der Waals surface area contributed by atoms with Crippen LogP contribution in [0.15, 0.2) is 18.2 Å². The van der Waals surface area contributed by atoms with E-state index in [9.17, 15) is 19.8 Å². The first kappa shape index (κ1) is 17.6. The average Bonchev–Trinajstić information content (AvgIpc) is 2.37. The molecule has 0 aliphatic carbocycles. The van der Waals surface area contributed by atoms with E-state index in [1.54, 1.807) is 26.8 Å². The van der Waals surface area contributed by atoms with Crippen LogP contribution in [0.4, 0.5) is 4.79 Å². The number of carboxylic acids is 1. The quantitative estimate of drug-likeness (QED) is 0.767. The number of carbonyl (C=O) groups excluding carboxylic acids is 1. The Morgan fingerprint density at radius 2 is 1.95 bits per heavy atom. The lowest BCUT2D eigenvalue weighted by molar-refractivity contribution is -0.139. The van der Waals surface area contributed by atoms with Gasteiger partial charge in [-0.05, 0) is 38.5 Å². The molecule has 0 fully saturated rings. The van der Waals surface area contributed by atoms with Crippen molar-refractivity contribution < 1.29 is 29.3 Å². The highest BCUT2D eigenvalue weighted by molar-refractivity contribution is 5.80. The van der Waals surface area contributed by atoms with E-state index in [0.717, 1.165) is 0 Å². The Balaban J connectivity index is 2.81. The number of hydrogen-bond acceptors (Lipinski definition) is 5. The molecule has 0 aromatic heterocycles. The highest BCUT2D eigenvalue weighted by atomic mass is 16.6. The Bertz CT molecular complexity index is 549. The van der Waals surface area contributed by atoms with E-state index in [0.29, 0.717) is 5.56 Å². The average molecular weight is 311 g/mol. The maximum atomic E-state index is 11.7. The lowest BCUT2D eigenvalue weighted by Crippen LogP contribution is -2.44. The van der Waals surface area contributed by atoms with Crippen molar-refractivity contribution in [3.8, 4) is 11.5 Å². The lowest BCUT2D eigenvalue weighted by Gasteiger charge is -2.22. The molecule has 0 saturated carbocycles. The van der Waals surface area contributed by atoms with E-state index in [1.165, 1.54) is 19.2 Å². The molecule has 3 N–H and O–H groups in total. The Labute approximate surface area is 128 Å². The van der Waals surface area contributed by atoms with Crippen LogP contribution in [0.5, 0.6) is 11.5 Å². The van der Waals surface area contributed by atoms with Gasteiger partial charge in [0.25, 0.3) is 0 Å². The number of amides is 1. The van der Waals surface area contributed by atoms with Crippen molar-refractivity contribution in [2.45, 2.75) is 38.8 Å². The molecular weight excluding hydrogens is 290 g/mol. The van der Waals surface area contributed by atoms with Gasteiger partial charge in [-0.2, -0.15) is 0 Å². The number of ether oxygens (including phenoxy) is 2. The number of phenols is 1. The Morgan fingerprint density at radius 3 is 2.45 bits per heavy atom. The Kier molecular flexibility index (Phi) is 5.62. The molecule has 0 aliphatic rings. The zero-order valence-electron chi connectivity index (χ0n) is 13.0. The maximum Gasteiger partial charge on any atom is 0.408 e. The number of phenolic OH excluding ortho intramolecular Hbond substituents is 1. The van der Waals surface area contributed by atoms with Crippen LogP contribution in [-0.4, -0.2) is 41.0 Å². The first-order valence-corrected chi connectivity index (χ1v) is 6.70. The van der Waals surface area contributed by atoms with Crippen molar-refractivity contribution in [1.82, 2.24) is 5.32 Å². The van der Waals surface area contributed by atoms with Crippen LogP contribution in [0.1, 0.15) is 26.3 Å². The number of benzene rings is 1. The summed E-state index contributed by atoms with van der Waals surface area (Å²) in [5.74, 6) is -0.991. The number of nitrogens with one attached hydrogen (secondary N) is 1. The molecule has 1 aromatic carbocycles. The number of aliphatic carboxylic acids is 1. The molecule has 7 nitrogen and oxygen atoms in total. The summed E-state index contributed by atoms with van der Waals surface area (Å²) in [5.41, 5.74) is -0.118. The summed E-state index contributed by atoms with van der Waals surface area (Å²) in [6.45, 7) is 5.06. The first-order valence-electron chi connectivity index (χ1n) is 6.70. The minimum Gasteiger partial charge on any atom is -0.504 e. The normalized spacial score (nSPS) is 12.4. The number of carbonyl (C=O) groups is 2. The molecule has 0 heterocycles. The second-order valence-electron chi connectivity index (χ2n) is 5.75. The van der Waals surface area contributed by atoms with Crippen LogP contribution >= 0.6 is 0 Å². The summed E-state index contributed by atoms with van der Waals surface area (Å²) in [5, 5.41) is 21.0. The third-order valence-electron chi connectivity index (χ3n) is 2.67. The molecule has 122 valence electrons. The largest absolute Gasteiger partial charge is 0.504 e. The monoisotopic (exact) mass is 311 g/mol. The van der Waals surface area contributed by atoms with E-state index in [-0.39, 0.29) is 17.9 Å². The third kappa shape index (κ3) is 5.51. The highest BCUT2D eigenvalue weighted by Gasteiger charge is 2.24. The van der Waals surface area contributed by atoms with E-state index in [4.69, 9.17) is 9.47 Å². The summed E-state index contributed by atoms with van der Waals surface area (Å²) < 4.78 is 10.0. The summed E-state index contributed by atoms with van der Waals surface area (Å²) >= 11 is 0. The summed E-state index contributed by atoms with van der Waals surface area (Å²) in [4.78, 5) is 23.0. The van der Waals surface area contributed by atoms with Crippen LogP contribution in [0, 0.1) is 0 Å². The number of aromatic hydroxyl groups is 1. The van der Waals surface area contributed by atoms with Crippen LogP contribution in [0.2, 0.25) is 0 Å². The number of hydrogen-bond donors (Lipinski definition) is 3. The summed E-state index contributed by atoms with van der Waals surface area (Å²) in [6, 6.07) is 3.33. The number of carboxylic acid groups (broad SMARTS) is 1. The minimum absolute atomic E-state index is 0.0330. The molecule has 0 saturated heterocycles. The molecular formula is C15H21NO6. The van der Waals surface area contributed by atoms with Crippen molar-refractivity contribution in [2.75, 3.05) is 7.11 Å². The van der Waals surface area contributed by atoms with Crippen LogP contribution < -0.4 is 10.1 Å². The smallest absolute Gasteiger partial charge is 0.408 e. The standard InChI is InChI=1S/C15H21NO6/c1-15(2,3)22-14(20)16-10(13(18)19)7-9-5-6-11(17)12(8-9)21-4/h5-6,8,10,17H,7H2,1-4H3,(H,16,20)(H,18,19)/t10-/m1/s1. The third-order valence-corrected chi connectivity index (χ3v) is 2.67. The molecule has 1 atom stereocenters. The van der Waals surface area contributed by atoms with E-state index >= 15 is 0 Å². The van der Waals surface area contributed by atoms with Crippen molar-refractivity contribution >= 4 is 12.1 Å². The predicted molar refractivity (Wildman–Crippen MR) is 79.2 cm³/mol. The molecule has 0 radical (unpaired) electrons. The zero-order valence-corrected chi connectivity index (χ0v) is 13.0. The molecule has 22 heavy (non-hydrogen) atoms. The van der Waals surface area contributed by atoms with Crippen molar-refractivity contribution in [2.24, 2.45) is 0 Å². The van der Waals surface area contributed by atoms with Crippen LogP contribution in [-0.2, 0) is 16.0 Å². The number of methoxy groups -OCH3 is 1. The van der Waals surface area contributed by atoms with Crippen molar-refractivity contribution in [1.29, 1.82) is 0 Å². The van der Waals surface area contributed by atoms with Gasteiger partial charge in [0.05, 0.1) is 7.11 Å². The van der Waals surface area contributed by atoms with Gasteiger partial charge in [0.2, 0.25) is 0 Å². The fourth-order valence-corrected chi connectivity index (χ4v) is 1.73. The molecule has 0 unspecified atom stereocenters. The van der Waals surface area contributed by atoms with Gasteiger partial charge in [-0.25, -0.2) is 9.59 Å². The second kappa shape index (κ2) is 7.02. The summed E-state index contributed by atoms with van der Waals surface area (Å²) in [7, 11) is 1.40. The van der Waals surface area contributed by atoms with Gasteiger partial charge in [0, 0.05) is 6.42 Å². The Hall–Kier alpha value is -2.44. The lowest BCUT2D eigenvalue weighted by atomic mass is 10.1. The molecule has 1 aromatic rings. The highest BCUT2D eigenvalue weighted by Crippen LogP contribution is 2.26. The fourth-order valence-electron chi connectivity index (χ4n) is 1.73. The Morgan fingerprint density at radius 1 is 1.32 bits per heavy atom. The van der Waals surface area contributed by atoms with Gasteiger partial charge < -0.3 is 25.0 Å². The van der Waals surface area contributed by atoms with E-state index in [2.05, 4.69) is 5.32 Å². The molecule has 0 bridgehead atoms. The molecule has 0 aliphatic heterocycles. The van der Waals surface area contributed by atoms with Gasteiger partial charge in [0.15, 0.2) is 11.5 Å². The molecule has 0 spiro atoms.